The highest BCUT2D eigenvalue weighted by atomic mass is 32.1. The van der Waals surface area contributed by atoms with Gasteiger partial charge in [-0.3, -0.25) is 5.41 Å². The molecule has 6 heteroatoms. The van der Waals surface area contributed by atoms with Gasteiger partial charge in [0.1, 0.15) is 6.61 Å². The van der Waals surface area contributed by atoms with E-state index < -0.39 is 0 Å². The van der Waals surface area contributed by atoms with Crippen molar-refractivity contribution in [3.05, 3.63) is 12.2 Å². The van der Waals surface area contributed by atoms with E-state index in [0.717, 1.165) is 0 Å². The molecule has 0 unspecified atom stereocenters. The van der Waals surface area contributed by atoms with Gasteiger partial charge in [-0.2, -0.15) is 4.40 Å². The molecule has 1 saturated heterocycles. The summed E-state index contributed by atoms with van der Waals surface area (Å²) in [6.07, 6.45) is 3.74. The monoisotopic (exact) mass is 243 g/mol. The van der Waals surface area contributed by atoms with E-state index in [1.807, 2.05) is 24.0 Å². The number of ether oxygens (including phenoxy) is 2. The zero-order valence-electron chi connectivity index (χ0n) is 9.35. The molecule has 0 bridgehead atoms. The van der Waals surface area contributed by atoms with Crippen molar-refractivity contribution in [2.45, 2.75) is 6.92 Å². The summed E-state index contributed by atoms with van der Waals surface area (Å²) in [4.78, 5) is 1.87. The number of amidine groups is 1. The predicted octanol–water partition coefficient (Wildman–Crippen LogP) is 1.13. The molecule has 1 heterocycles. The second kappa shape index (κ2) is 7.29. The number of rotatable bonds is 2. The van der Waals surface area contributed by atoms with Crippen LogP contribution in [0.5, 0.6) is 0 Å². The predicted molar refractivity (Wildman–Crippen MR) is 67.3 cm³/mol. The van der Waals surface area contributed by atoms with Crippen molar-refractivity contribution in [2.24, 2.45) is 4.40 Å². The average molecular weight is 243 g/mol. The normalized spacial score (nSPS) is 17.9. The first kappa shape index (κ1) is 13.1. The molecule has 1 aliphatic heterocycles. The molecule has 0 radical (unpaired) electrons. The fraction of sp³-hybridized carbons (Fsp3) is 0.600. The van der Waals surface area contributed by atoms with E-state index in [4.69, 9.17) is 14.9 Å². The van der Waals surface area contributed by atoms with Crippen LogP contribution in [-0.2, 0) is 9.47 Å². The molecule has 1 rings (SSSR count). The standard InChI is InChI=1S/C10H17N3O2S/c1-2-3-6-15-10(12-16)9(11)13-4-7-14-8-5-13/h2-3,11,16H,4-8H2,1H3/b3-2+,11-9?,12-10?. The number of nitrogens with one attached hydrogen (secondary N) is 1. The fourth-order valence-corrected chi connectivity index (χ4v) is 1.44. The molecule has 0 atom stereocenters. The first-order chi connectivity index (χ1) is 7.79. The highest BCUT2D eigenvalue weighted by Gasteiger charge is 2.19. The maximum absolute atomic E-state index is 7.92. The highest BCUT2D eigenvalue weighted by Crippen LogP contribution is 2.01. The average Bonchev–Trinajstić information content (AvgIpc) is 2.35. The Morgan fingerprint density at radius 1 is 1.56 bits per heavy atom. The first-order valence-electron chi connectivity index (χ1n) is 5.17. The van der Waals surface area contributed by atoms with Crippen molar-refractivity contribution < 1.29 is 9.47 Å². The van der Waals surface area contributed by atoms with E-state index in [0.29, 0.717) is 32.9 Å². The molecular formula is C10H17N3O2S. The zero-order chi connectivity index (χ0) is 11.8. The van der Waals surface area contributed by atoms with Crippen LogP contribution in [0.15, 0.2) is 16.5 Å². The van der Waals surface area contributed by atoms with Crippen LogP contribution in [-0.4, -0.2) is 49.5 Å². The molecule has 0 amide bonds. The lowest BCUT2D eigenvalue weighted by Crippen LogP contribution is -2.44. The van der Waals surface area contributed by atoms with E-state index in [2.05, 4.69) is 17.2 Å². The minimum atomic E-state index is 0.253. The van der Waals surface area contributed by atoms with Gasteiger partial charge in [-0.05, 0) is 19.7 Å². The number of hydrogen-bond donors (Lipinski definition) is 2. The maximum Gasteiger partial charge on any atom is 0.264 e. The molecule has 1 N–H and O–H groups in total. The van der Waals surface area contributed by atoms with Crippen LogP contribution in [0.25, 0.3) is 0 Å². The van der Waals surface area contributed by atoms with Crippen molar-refractivity contribution in [2.75, 3.05) is 32.9 Å². The summed E-state index contributed by atoms with van der Waals surface area (Å²) < 4.78 is 14.2. The Hall–Kier alpha value is -1.01. The van der Waals surface area contributed by atoms with Crippen LogP contribution in [0, 0.1) is 5.41 Å². The van der Waals surface area contributed by atoms with Crippen LogP contribution < -0.4 is 0 Å². The molecule has 0 spiro atoms. The third-order valence-corrected chi connectivity index (χ3v) is 2.35. The molecule has 16 heavy (non-hydrogen) atoms. The number of nitrogens with zero attached hydrogens (tertiary/aromatic N) is 2. The van der Waals surface area contributed by atoms with Crippen LogP contribution in [0.2, 0.25) is 0 Å². The Kier molecular flexibility index (Phi) is 5.95. The second-order valence-corrected chi connectivity index (χ2v) is 3.43. The third-order valence-electron chi connectivity index (χ3n) is 2.17. The number of morpholine rings is 1. The van der Waals surface area contributed by atoms with E-state index in [1.54, 1.807) is 0 Å². The lowest BCUT2D eigenvalue weighted by atomic mass is 10.4. The van der Waals surface area contributed by atoms with Crippen LogP contribution >= 0.6 is 12.8 Å². The van der Waals surface area contributed by atoms with Crippen molar-refractivity contribution in [3.8, 4) is 0 Å². The first-order valence-corrected chi connectivity index (χ1v) is 5.57. The summed E-state index contributed by atoms with van der Waals surface area (Å²) >= 11 is 3.82. The zero-order valence-corrected chi connectivity index (χ0v) is 10.2. The number of allylic oxidation sites excluding steroid dienone is 1. The van der Waals surface area contributed by atoms with Gasteiger partial charge >= 0.3 is 0 Å². The van der Waals surface area contributed by atoms with Gasteiger partial charge in [0.25, 0.3) is 5.90 Å². The summed E-state index contributed by atoms with van der Waals surface area (Å²) in [5.74, 6) is 0.520. The van der Waals surface area contributed by atoms with Gasteiger partial charge in [-0.25, -0.2) is 0 Å². The van der Waals surface area contributed by atoms with Gasteiger partial charge < -0.3 is 14.4 Å². The van der Waals surface area contributed by atoms with Gasteiger partial charge in [0.05, 0.1) is 13.2 Å². The molecule has 0 saturated carbocycles. The van der Waals surface area contributed by atoms with Gasteiger partial charge in [-0.1, -0.05) is 12.2 Å². The molecule has 0 aliphatic carbocycles. The third kappa shape index (κ3) is 3.86. The summed E-state index contributed by atoms with van der Waals surface area (Å²) in [5, 5.41) is 7.92. The molecule has 0 aromatic heterocycles. The summed E-state index contributed by atoms with van der Waals surface area (Å²) in [5.41, 5.74) is 0. The molecule has 90 valence electrons. The van der Waals surface area contributed by atoms with E-state index >= 15 is 0 Å². The summed E-state index contributed by atoms with van der Waals surface area (Å²) in [6.45, 7) is 4.97. The van der Waals surface area contributed by atoms with Gasteiger partial charge in [0.2, 0.25) is 0 Å². The SMILES string of the molecule is C/C=C/COC(=NS)C(=N)N1CCOCC1. The van der Waals surface area contributed by atoms with Gasteiger partial charge in [0, 0.05) is 13.1 Å². The minimum Gasteiger partial charge on any atom is -0.470 e. The minimum absolute atomic E-state index is 0.253. The Morgan fingerprint density at radius 2 is 2.25 bits per heavy atom. The van der Waals surface area contributed by atoms with Crippen molar-refractivity contribution in [1.29, 1.82) is 5.41 Å². The lowest BCUT2D eigenvalue weighted by Gasteiger charge is -2.28. The van der Waals surface area contributed by atoms with Gasteiger partial charge in [0.15, 0.2) is 5.84 Å². The molecule has 1 fully saturated rings. The van der Waals surface area contributed by atoms with Crippen LogP contribution in [0.3, 0.4) is 0 Å². The summed E-state index contributed by atoms with van der Waals surface area (Å²) in [6, 6.07) is 0. The van der Waals surface area contributed by atoms with Crippen molar-refractivity contribution in [1.82, 2.24) is 4.90 Å². The Morgan fingerprint density at radius 3 is 2.81 bits per heavy atom. The molecule has 1 aliphatic rings. The number of hydrogen-bond acceptors (Lipinski definition) is 5. The maximum atomic E-state index is 7.92. The highest BCUT2D eigenvalue weighted by molar-refractivity contribution is 7.79. The van der Waals surface area contributed by atoms with E-state index in [-0.39, 0.29) is 11.7 Å². The Bertz CT molecular complexity index is 286. The molecule has 5 nitrogen and oxygen atoms in total. The molecule has 0 aromatic carbocycles. The Balaban J connectivity index is 2.48. The molecule has 0 aromatic rings. The fourth-order valence-electron chi connectivity index (χ4n) is 1.29. The largest absolute Gasteiger partial charge is 0.470 e. The Labute approximate surface area is 101 Å². The van der Waals surface area contributed by atoms with Crippen molar-refractivity contribution in [3.63, 3.8) is 0 Å². The van der Waals surface area contributed by atoms with Gasteiger partial charge in [-0.15, -0.1) is 0 Å². The van der Waals surface area contributed by atoms with Crippen molar-refractivity contribution >= 4 is 24.5 Å². The second-order valence-electron chi connectivity index (χ2n) is 3.23. The van der Waals surface area contributed by atoms with E-state index in [1.165, 1.54) is 0 Å². The topological polar surface area (TPSA) is 57.9 Å². The number of thiol groups is 1. The molecular weight excluding hydrogens is 226 g/mol. The van der Waals surface area contributed by atoms with E-state index in [9.17, 15) is 0 Å². The quantitative estimate of drug-likeness (QED) is 0.331. The lowest BCUT2D eigenvalue weighted by molar-refractivity contribution is 0.0680. The smallest absolute Gasteiger partial charge is 0.264 e. The van der Waals surface area contributed by atoms with Crippen LogP contribution in [0.1, 0.15) is 6.92 Å². The summed E-state index contributed by atoms with van der Waals surface area (Å²) in [7, 11) is 0. The van der Waals surface area contributed by atoms with Crippen LogP contribution in [0.4, 0.5) is 0 Å².